The number of amides is 1. The minimum absolute atomic E-state index is 0.01000. The van der Waals surface area contributed by atoms with Crippen LogP contribution in [0.25, 0.3) is 0 Å². The van der Waals surface area contributed by atoms with Crippen molar-refractivity contribution in [2.45, 2.75) is 19.4 Å². The number of aryl methyl sites for hydroxylation is 1. The maximum absolute atomic E-state index is 11.5. The zero-order valence-electron chi connectivity index (χ0n) is 9.98. The van der Waals surface area contributed by atoms with E-state index in [1.807, 2.05) is 12.1 Å². The smallest absolute Gasteiger partial charge is 0.232 e. The molecule has 0 aliphatic carbocycles. The highest BCUT2D eigenvalue weighted by Crippen LogP contribution is 2.36. The van der Waals surface area contributed by atoms with E-state index >= 15 is 0 Å². The van der Waals surface area contributed by atoms with Crippen LogP contribution in [-0.4, -0.2) is 10.9 Å². The number of halogens is 1. The minimum Gasteiger partial charge on any atom is -0.482 e. The van der Waals surface area contributed by atoms with E-state index in [0.717, 1.165) is 22.1 Å². The van der Waals surface area contributed by atoms with Crippen molar-refractivity contribution in [2.75, 3.05) is 5.32 Å². The molecule has 2 aromatic rings. The second-order valence-corrected chi connectivity index (χ2v) is 5.12. The quantitative estimate of drug-likeness (QED) is 0.943. The number of fused-ring (bicyclic) bond motifs is 1. The molecule has 0 radical (unpaired) electrons. The molecule has 1 aliphatic rings. The lowest BCUT2D eigenvalue weighted by Crippen LogP contribution is -2.19. The Kier molecular flexibility index (Phi) is 3.25. The van der Waals surface area contributed by atoms with Crippen LogP contribution in [0.4, 0.5) is 5.69 Å². The van der Waals surface area contributed by atoms with Gasteiger partial charge in [0, 0.05) is 10.9 Å². The summed E-state index contributed by atoms with van der Waals surface area (Å²) < 4.78 is 11.7. The van der Waals surface area contributed by atoms with Crippen LogP contribution < -0.4 is 10.1 Å². The Bertz CT molecular complexity index is 611. The van der Waals surface area contributed by atoms with Gasteiger partial charge in [-0.1, -0.05) is 15.9 Å². The average molecular weight is 323 g/mol. The molecular formula is C13H11BrN2O3. The number of carbonyl (C=O) groups excluding carboxylic acids is 1. The van der Waals surface area contributed by atoms with E-state index in [2.05, 4.69) is 26.2 Å². The van der Waals surface area contributed by atoms with Crippen molar-refractivity contribution in [1.82, 2.24) is 4.98 Å². The van der Waals surface area contributed by atoms with Crippen molar-refractivity contribution >= 4 is 27.5 Å². The first-order valence-electron chi connectivity index (χ1n) is 5.86. The Morgan fingerprint density at radius 2 is 2.32 bits per heavy atom. The highest BCUT2D eigenvalue weighted by atomic mass is 79.9. The third-order valence-electron chi connectivity index (χ3n) is 2.87. The van der Waals surface area contributed by atoms with Gasteiger partial charge in [0.15, 0.2) is 6.61 Å². The van der Waals surface area contributed by atoms with Crippen LogP contribution in [0.3, 0.4) is 0 Å². The molecule has 3 rings (SSSR count). The van der Waals surface area contributed by atoms with Gasteiger partial charge in [-0.15, -0.1) is 0 Å². The van der Waals surface area contributed by atoms with E-state index < -0.39 is 0 Å². The third-order valence-corrected chi connectivity index (χ3v) is 3.33. The molecule has 1 aliphatic heterocycles. The molecule has 0 fully saturated rings. The summed E-state index contributed by atoms with van der Waals surface area (Å²) in [6.07, 6.45) is 4.28. The van der Waals surface area contributed by atoms with Crippen molar-refractivity contribution in [3.8, 4) is 5.75 Å². The number of anilines is 1. The second kappa shape index (κ2) is 5.05. The van der Waals surface area contributed by atoms with Gasteiger partial charge < -0.3 is 14.5 Å². The summed E-state index contributed by atoms with van der Waals surface area (Å²) in [6, 6.07) is 3.82. The van der Waals surface area contributed by atoms with Crippen molar-refractivity contribution in [1.29, 1.82) is 0 Å². The standard InChI is InChI=1S/C13H11BrN2O3/c14-9-5-8-1-2-11(17)16-13(8)10(6-9)19-7-12-15-3-4-18-12/h3-6H,1-2,7H2,(H,16,17). The molecule has 0 saturated heterocycles. The molecule has 98 valence electrons. The van der Waals surface area contributed by atoms with E-state index in [1.165, 1.54) is 6.26 Å². The van der Waals surface area contributed by atoms with Gasteiger partial charge in [-0.2, -0.15) is 0 Å². The summed E-state index contributed by atoms with van der Waals surface area (Å²) in [5.41, 5.74) is 1.81. The third kappa shape index (κ3) is 2.63. The minimum atomic E-state index is 0.01000. The summed E-state index contributed by atoms with van der Waals surface area (Å²) in [4.78, 5) is 15.5. The Morgan fingerprint density at radius 3 is 3.11 bits per heavy atom. The summed E-state index contributed by atoms with van der Waals surface area (Å²) in [6.45, 7) is 0.228. The lowest BCUT2D eigenvalue weighted by molar-refractivity contribution is -0.116. The predicted octanol–water partition coefficient (Wildman–Crippen LogP) is 2.90. The molecule has 0 spiro atoms. The van der Waals surface area contributed by atoms with Crippen LogP contribution in [0.2, 0.25) is 0 Å². The average Bonchev–Trinajstić information content (AvgIpc) is 2.89. The normalized spacial score (nSPS) is 13.8. The fraction of sp³-hybridized carbons (Fsp3) is 0.231. The SMILES string of the molecule is O=C1CCc2cc(Br)cc(OCc3ncco3)c2N1. The van der Waals surface area contributed by atoms with Gasteiger partial charge in [0.2, 0.25) is 11.8 Å². The second-order valence-electron chi connectivity index (χ2n) is 4.20. The van der Waals surface area contributed by atoms with Crippen molar-refractivity contribution in [3.63, 3.8) is 0 Å². The molecule has 1 aromatic heterocycles. The van der Waals surface area contributed by atoms with Gasteiger partial charge in [0.25, 0.3) is 0 Å². The van der Waals surface area contributed by atoms with E-state index in [9.17, 15) is 4.79 Å². The topological polar surface area (TPSA) is 64.4 Å². The molecule has 1 N–H and O–H groups in total. The Morgan fingerprint density at radius 1 is 1.42 bits per heavy atom. The number of ether oxygens (including phenoxy) is 1. The van der Waals surface area contributed by atoms with E-state index in [0.29, 0.717) is 18.1 Å². The van der Waals surface area contributed by atoms with Crippen LogP contribution in [0.5, 0.6) is 5.75 Å². The molecule has 0 atom stereocenters. The summed E-state index contributed by atoms with van der Waals surface area (Å²) >= 11 is 3.44. The number of hydrogen-bond acceptors (Lipinski definition) is 4. The Labute approximate surface area is 118 Å². The maximum Gasteiger partial charge on any atom is 0.232 e. The first-order chi connectivity index (χ1) is 9.22. The molecular weight excluding hydrogens is 312 g/mol. The lowest BCUT2D eigenvalue weighted by atomic mass is 10.0. The molecule has 19 heavy (non-hydrogen) atoms. The molecule has 6 heteroatoms. The Balaban J connectivity index is 1.87. The monoisotopic (exact) mass is 322 g/mol. The number of aromatic nitrogens is 1. The van der Waals surface area contributed by atoms with Crippen LogP contribution in [0.15, 0.2) is 33.5 Å². The summed E-state index contributed by atoms with van der Waals surface area (Å²) in [5.74, 6) is 1.13. The van der Waals surface area contributed by atoms with Gasteiger partial charge in [0.05, 0.1) is 11.9 Å². The van der Waals surface area contributed by atoms with E-state index in [1.54, 1.807) is 6.20 Å². The van der Waals surface area contributed by atoms with E-state index in [4.69, 9.17) is 9.15 Å². The number of carbonyl (C=O) groups is 1. The zero-order valence-corrected chi connectivity index (χ0v) is 11.6. The van der Waals surface area contributed by atoms with Gasteiger partial charge in [-0.25, -0.2) is 4.98 Å². The number of hydrogen-bond donors (Lipinski definition) is 1. The van der Waals surface area contributed by atoms with Crippen molar-refractivity contribution in [3.05, 3.63) is 40.5 Å². The van der Waals surface area contributed by atoms with Gasteiger partial charge >= 0.3 is 0 Å². The van der Waals surface area contributed by atoms with E-state index in [-0.39, 0.29) is 12.5 Å². The van der Waals surface area contributed by atoms with Crippen molar-refractivity contribution in [2.24, 2.45) is 0 Å². The fourth-order valence-corrected chi connectivity index (χ4v) is 2.49. The van der Waals surface area contributed by atoms with Crippen LogP contribution in [0, 0.1) is 0 Å². The highest BCUT2D eigenvalue weighted by molar-refractivity contribution is 9.10. The first kappa shape index (κ1) is 12.2. The first-order valence-corrected chi connectivity index (χ1v) is 6.65. The molecule has 1 aromatic carbocycles. The van der Waals surface area contributed by atoms with Gasteiger partial charge in [-0.3, -0.25) is 4.79 Å². The molecule has 0 unspecified atom stereocenters. The number of oxazole rings is 1. The molecule has 2 heterocycles. The largest absolute Gasteiger partial charge is 0.482 e. The number of nitrogens with one attached hydrogen (secondary N) is 1. The molecule has 0 saturated carbocycles. The number of rotatable bonds is 3. The molecule has 5 nitrogen and oxygen atoms in total. The van der Waals surface area contributed by atoms with Gasteiger partial charge in [0.1, 0.15) is 12.0 Å². The zero-order chi connectivity index (χ0) is 13.2. The lowest BCUT2D eigenvalue weighted by Gasteiger charge is -2.20. The number of benzene rings is 1. The highest BCUT2D eigenvalue weighted by Gasteiger charge is 2.20. The van der Waals surface area contributed by atoms with Gasteiger partial charge in [-0.05, 0) is 24.1 Å². The van der Waals surface area contributed by atoms with Crippen molar-refractivity contribution < 1.29 is 13.9 Å². The van der Waals surface area contributed by atoms with Crippen LogP contribution in [-0.2, 0) is 17.8 Å². The number of nitrogens with zero attached hydrogens (tertiary/aromatic N) is 1. The summed E-state index contributed by atoms with van der Waals surface area (Å²) in [5, 5.41) is 2.85. The molecule has 1 amide bonds. The summed E-state index contributed by atoms with van der Waals surface area (Å²) in [7, 11) is 0. The predicted molar refractivity (Wildman–Crippen MR) is 71.9 cm³/mol. The fourth-order valence-electron chi connectivity index (χ4n) is 2.00. The maximum atomic E-state index is 11.5. The van der Waals surface area contributed by atoms with Crippen LogP contribution in [0.1, 0.15) is 17.9 Å². The Hall–Kier alpha value is -1.82. The molecule has 0 bridgehead atoms. The van der Waals surface area contributed by atoms with Crippen LogP contribution >= 0.6 is 15.9 Å².